The Morgan fingerprint density at radius 3 is 2.50 bits per heavy atom. The van der Waals surface area contributed by atoms with Gasteiger partial charge in [0.15, 0.2) is 11.5 Å². The van der Waals surface area contributed by atoms with Gasteiger partial charge in [0.05, 0.1) is 6.61 Å². The zero-order chi connectivity index (χ0) is 15.4. The third-order valence-electron chi connectivity index (χ3n) is 2.81. The summed E-state index contributed by atoms with van der Waals surface area (Å²) in [5.41, 5.74) is 0. The summed E-state index contributed by atoms with van der Waals surface area (Å²) in [7, 11) is -3.78. The minimum Gasteiger partial charge on any atom is -0.454 e. The van der Waals surface area contributed by atoms with E-state index in [1.165, 1.54) is 0 Å². The molecule has 0 N–H and O–H groups in total. The van der Waals surface area contributed by atoms with Crippen LogP contribution in [0.2, 0.25) is 0 Å². The summed E-state index contributed by atoms with van der Waals surface area (Å²) in [6, 6.07) is 13.6. The molecule has 3 rings (SSSR count). The van der Waals surface area contributed by atoms with Crippen LogP contribution in [0.15, 0.2) is 48.5 Å². The second-order valence-corrected chi connectivity index (χ2v) is 5.89. The average Bonchev–Trinajstić information content (AvgIpc) is 2.95. The Kier molecular flexibility index (Phi) is 4.22. The number of rotatable bonds is 6. The fraction of sp³-hybridized carbons (Fsp3) is 0.200. The zero-order valence-corrected chi connectivity index (χ0v) is 12.8. The van der Waals surface area contributed by atoms with Crippen molar-refractivity contribution in [2.24, 2.45) is 0 Å². The van der Waals surface area contributed by atoms with Crippen molar-refractivity contribution < 1.29 is 27.6 Å². The first-order valence-electron chi connectivity index (χ1n) is 6.77. The predicted octanol–water partition coefficient (Wildman–Crippen LogP) is 4.02. The molecule has 1 aliphatic rings. The van der Waals surface area contributed by atoms with Crippen LogP contribution in [-0.2, 0) is 9.09 Å². The van der Waals surface area contributed by atoms with Gasteiger partial charge in [0.25, 0.3) is 0 Å². The molecule has 22 heavy (non-hydrogen) atoms. The van der Waals surface area contributed by atoms with Gasteiger partial charge in [-0.05, 0) is 31.2 Å². The molecule has 1 atom stereocenters. The monoisotopic (exact) mass is 322 g/mol. The van der Waals surface area contributed by atoms with E-state index in [1.807, 2.05) is 6.07 Å². The van der Waals surface area contributed by atoms with Crippen LogP contribution in [0, 0.1) is 0 Å². The molecule has 0 spiro atoms. The van der Waals surface area contributed by atoms with Crippen LogP contribution in [0.4, 0.5) is 0 Å². The molecule has 0 bridgehead atoms. The summed E-state index contributed by atoms with van der Waals surface area (Å²) < 4.78 is 39.2. The van der Waals surface area contributed by atoms with E-state index in [0.717, 1.165) is 0 Å². The highest BCUT2D eigenvalue weighted by molar-refractivity contribution is 7.49. The maximum absolute atomic E-state index is 12.7. The summed E-state index contributed by atoms with van der Waals surface area (Å²) in [5.74, 6) is 1.86. The lowest BCUT2D eigenvalue weighted by Crippen LogP contribution is -2.04. The quantitative estimate of drug-likeness (QED) is 0.749. The lowest BCUT2D eigenvalue weighted by atomic mass is 10.3. The number of hydrogen-bond donors (Lipinski definition) is 0. The van der Waals surface area contributed by atoms with Crippen molar-refractivity contribution in [3.05, 3.63) is 48.5 Å². The summed E-state index contributed by atoms with van der Waals surface area (Å²) in [6.07, 6.45) is 0. The second kappa shape index (κ2) is 6.30. The van der Waals surface area contributed by atoms with Crippen LogP contribution in [0.3, 0.4) is 0 Å². The van der Waals surface area contributed by atoms with Crippen molar-refractivity contribution >= 4 is 7.82 Å². The molecule has 0 saturated carbocycles. The zero-order valence-electron chi connectivity index (χ0n) is 11.9. The smallest absolute Gasteiger partial charge is 0.454 e. The highest BCUT2D eigenvalue weighted by atomic mass is 31.2. The van der Waals surface area contributed by atoms with Crippen molar-refractivity contribution in [3.8, 4) is 23.0 Å². The molecule has 1 aliphatic heterocycles. The van der Waals surface area contributed by atoms with Gasteiger partial charge in [-0.25, -0.2) is 4.57 Å². The molecule has 0 fully saturated rings. The minimum absolute atomic E-state index is 0.155. The van der Waals surface area contributed by atoms with E-state index in [4.69, 9.17) is 23.0 Å². The first-order chi connectivity index (χ1) is 10.7. The van der Waals surface area contributed by atoms with E-state index >= 15 is 0 Å². The largest absolute Gasteiger partial charge is 0.587 e. The van der Waals surface area contributed by atoms with Gasteiger partial charge >= 0.3 is 7.82 Å². The number of benzene rings is 2. The number of hydrogen-bond acceptors (Lipinski definition) is 6. The van der Waals surface area contributed by atoms with Crippen LogP contribution < -0.4 is 18.5 Å². The van der Waals surface area contributed by atoms with Gasteiger partial charge in [0.1, 0.15) is 11.5 Å². The average molecular weight is 322 g/mol. The highest BCUT2D eigenvalue weighted by Crippen LogP contribution is 2.50. The predicted molar refractivity (Wildman–Crippen MR) is 79.5 cm³/mol. The Balaban J connectivity index is 1.80. The molecule has 1 heterocycles. The maximum atomic E-state index is 12.7. The van der Waals surface area contributed by atoms with Gasteiger partial charge in [0.2, 0.25) is 6.79 Å². The maximum Gasteiger partial charge on any atom is 0.587 e. The number of phosphoric ester groups is 1. The lowest BCUT2D eigenvalue weighted by Gasteiger charge is -2.18. The number of ether oxygens (including phenoxy) is 2. The van der Waals surface area contributed by atoms with Gasteiger partial charge in [-0.3, -0.25) is 4.52 Å². The van der Waals surface area contributed by atoms with Gasteiger partial charge in [-0.15, -0.1) is 0 Å². The van der Waals surface area contributed by atoms with Crippen LogP contribution in [-0.4, -0.2) is 13.4 Å². The third kappa shape index (κ3) is 3.35. The Morgan fingerprint density at radius 1 is 1.00 bits per heavy atom. The molecule has 0 aliphatic carbocycles. The van der Waals surface area contributed by atoms with Gasteiger partial charge < -0.3 is 18.5 Å². The Hall–Kier alpha value is -2.17. The molecule has 0 aromatic heterocycles. The van der Waals surface area contributed by atoms with Gasteiger partial charge in [0, 0.05) is 6.07 Å². The van der Waals surface area contributed by atoms with E-state index in [2.05, 4.69) is 0 Å². The Bertz CT molecular complexity index is 688. The molecule has 7 heteroatoms. The van der Waals surface area contributed by atoms with Crippen molar-refractivity contribution in [1.82, 2.24) is 0 Å². The van der Waals surface area contributed by atoms with E-state index in [0.29, 0.717) is 23.0 Å². The molecule has 0 saturated heterocycles. The number of para-hydroxylation sites is 1. The molecular formula is C15H15O6P. The van der Waals surface area contributed by atoms with Crippen molar-refractivity contribution in [3.63, 3.8) is 0 Å². The van der Waals surface area contributed by atoms with Gasteiger partial charge in [-0.2, -0.15) is 0 Å². The topological polar surface area (TPSA) is 63.2 Å². The summed E-state index contributed by atoms with van der Waals surface area (Å²) >= 11 is 0. The second-order valence-electron chi connectivity index (χ2n) is 4.38. The molecule has 2 aromatic carbocycles. The van der Waals surface area contributed by atoms with Gasteiger partial charge in [-0.1, -0.05) is 18.2 Å². The molecular weight excluding hydrogens is 307 g/mol. The number of fused-ring (bicyclic) bond motifs is 1. The van der Waals surface area contributed by atoms with Crippen molar-refractivity contribution in [2.45, 2.75) is 6.92 Å². The van der Waals surface area contributed by atoms with Crippen molar-refractivity contribution in [1.29, 1.82) is 0 Å². The van der Waals surface area contributed by atoms with Crippen LogP contribution in [0.1, 0.15) is 6.92 Å². The van der Waals surface area contributed by atoms with Crippen molar-refractivity contribution in [2.75, 3.05) is 13.4 Å². The fourth-order valence-corrected chi connectivity index (χ4v) is 3.11. The first kappa shape index (κ1) is 14.8. The normalized spacial score (nSPS) is 15.1. The molecule has 6 nitrogen and oxygen atoms in total. The van der Waals surface area contributed by atoms with Crippen LogP contribution >= 0.6 is 7.82 Å². The lowest BCUT2D eigenvalue weighted by molar-refractivity contribution is 0.174. The molecule has 0 radical (unpaired) electrons. The van der Waals surface area contributed by atoms with E-state index in [9.17, 15) is 4.57 Å². The third-order valence-corrected chi connectivity index (χ3v) is 4.25. The standard InChI is InChI=1S/C15H15O6P/c1-2-19-22(16,20-12-6-4-3-5-7-12)21-13-8-9-14-15(10-13)18-11-17-14/h3-10H,2,11H2,1H3. The molecule has 2 aromatic rings. The van der Waals surface area contributed by atoms with Crippen LogP contribution in [0.5, 0.6) is 23.0 Å². The summed E-state index contributed by atoms with van der Waals surface area (Å²) in [4.78, 5) is 0. The highest BCUT2D eigenvalue weighted by Gasteiger charge is 2.31. The summed E-state index contributed by atoms with van der Waals surface area (Å²) in [6.45, 7) is 2.06. The summed E-state index contributed by atoms with van der Waals surface area (Å²) in [5, 5.41) is 0. The fourth-order valence-electron chi connectivity index (χ4n) is 1.90. The van der Waals surface area contributed by atoms with E-state index in [1.54, 1.807) is 49.4 Å². The Morgan fingerprint density at radius 2 is 1.73 bits per heavy atom. The number of phosphoric acid groups is 1. The van der Waals surface area contributed by atoms with E-state index < -0.39 is 7.82 Å². The first-order valence-corrected chi connectivity index (χ1v) is 8.23. The van der Waals surface area contributed by atoms with Crippen LogP contribution in [0.25, 0.3) is 0 Å². The Labute approximate surface area is 128 Å². The SMILES string of the molecule is CCOP(=O)(Oc1ccccc1)Oc1ccc2c(c1)OCO2. The molecule has 0 amide bonds. The van der Waals surface area contributed by atoms with E-state index in [-0.39, 0.29) is 13.4 Å². The molecule has 1 unspecified atom stereocenters. The minimum atomic E-state index is -3.78. The molecule has 116 valence electrons.